The highest BCUT2D eigenvalue weighted by Gasteiger charge is 2.34. The van der Waals surface area contributed by atoms with E-state index in [9.17, 15) is 9.59 Å². The van der Waals surface area contributed by atoms with Crippen molar-refractivity contribution in [2.24, 2.45) is 0 Å². The third-order valence-electron chi connectivity index (χ3n) is 5.33. The highest BCUT2D eigenvalue weighted by molar-refractivity contribution is 7.98. The number of carbonyl (C=O) groups is 2. The quantitative estimate of drug-likeness (QED) is 0.496. The van der Waals surface area contributed by atoms with E-state index in [0.717, 1.165) is 33.5 Å². The van der Waals surface area contributed by atoms with Crippen LogP contribution >= 0.6 is 23.1 Å². The van der Waals surface area contributed by atoms with Gasteiger partial charge in [-0.05, 0) is 68.3 Å². The third-order valence-corrected chi connectivity index (χ3v) is 7.20. The Morgan fingerprint density at radius 2 is 1.94 bits per heavy atom. The monoisotopic (exact) mass is 467 g/mol. The lowest BCUT2D eigenvalue weighted by Crippen LogP contribution is -2.43. The van der Waals surface area contributed by atoms with Gasteiger partial charge in [-0.25, -0.2) is 4.98 Å². The molecule has 3 aromatic rings. The number of likely N-dealkylation sites (tertiary alicyclic amines) is 1. The highest BCUT2D eigenvalue weighted by Crippen LogP contribution is 2.26. The number of thioether (sulfide) groups is 1. The number of aryl methyl sites for hydroxylation is 1. The van der Waals surface area contributed by atoms with E-state index in [-0.39, 0.29) is 11.8 Å². The van der Waals surface area contributed by atoms with Crippen molar-refractivity contribution in [1.29, 1.82) is 0 Å². The minimum absolute atomic E-state index is 0.107. The maximum atomic E-state index is 13.1. The van der Waals surface area contributed by atoms with Crippen LogP contribution in [-0.2, 0) is 10.5 Å². The Balaban J connectivity index is 1.37. The molecule has 0 saturated carbocycles. The molecule has 0 bridgehead atoms. The summed E-state index contributed by atoms with van der Waals surface area (Å²) in [7, 11) is 1.60. The molecule has 8 heteroatoms. The predicted molar refractivity (Wildman–Crippen MR) is 129 cm³/mol. The second-order valence-corrected chi connectivity index (χ2v) is 9.66. The van der Waals surface area contributed by atoms with Gasteiger partial charge in [-0.1, -0.05) is 0 Å². The molecule has 0 spiro atoms. The van der Waals surface area contributed by atoms with E-state index >= 15 is 0 Å². The van der Waals surface area contributed by atoms with Gasteiger partial charge in [-0.2, -0.15) is 0 Å². The number of ether oxygens (including phenoxy) is 1. The van der Waals surface area contributed by atoms with Gasteiger partial charge in [0.05, 0.1) is 17.8 Å². The zero-order valence-corrected chi connectivity index (χ0v) is 19.7. The SMILES string of the molecule is COc1ccc(NC(=O)C2CCCN2C(=O)c2ccc(SCc3csc(C)n3)cc2)cc1. The fraction of sp³-hybridized carbons (Fsp3) is 0.292. The summed E-state index contributed by atoms with van der Waals surface area (Å²) in [5.41, 5.74) is 2.36. The minimum Gasteiger partial charge on any atom is -0.497 e. The first-order valence-electron chi connectivity index (χ1n) is 10.4. The molecule has 1 unspecified atom stereocenters. The fourth-order valence-electron chi connectivity index (χ4n) is 3.67. The molecule has 2 heterocycles. The van der Waals surface area contributed by atoms with Gasteiger partial charge in [-0.3, -0.25) is 9.59 Å². The van der Waals surface area contributed by atoms with Crippen LogP contribution in [0.25, 0.3) is 0 Å². The van der Waals surface area contributed by atoms with Crippen LogP contribution in [0.5, 0.6) is 5.75 Å². The molecule has 0 aliphatic carbocycles. The Morgan fingerprint density at radius 1 is 1.19 bits per heavy atom. The van der Waals surface area contributed by atoms with Crippen molar-refractivity contribution in [1.82, 2.24) is 9.88 Å². The summed E-state index contributed by atoms with van der Waals surface area (Å²) < 4.78 is 5.15. The maximum Gasteiger partial charge on any atom is 0.254 e. The number of nitrogens with one attached hydrogen (secondary N) is 1. The van der Waals surface area contributed by atoms with Gasteiger partial charge in [0, 0.05) is 33.8 Å². The van der Waals surface area contributed by atoms with E-state index in [1.54, 1.807) is 59.4 Å². The molecular formula is C24H25N3O3S2. The van der Waals surface area contributed by atoms with E-state index in [1.807, 2.05) is 31.2 Å². The van der Waals surface area contributed by atoms with Gasteiger partial charge >= 0.3 is 0 Å². The molecule has 1 fully saturated rings. The summed E-state index contributed by atoms with van der Waals surface area (Å²) in [6.07, 6.45) is 1.47. The topological polar surface area (TPSA) is 71.5 Å². The van der Waals surface area contributed by atoms with Crippen molar-refractivity contribution in [3.05, 3.63) is 70.2 Å². The average Bonchev–Trinajstić information content (AvgIpc) is 3.47. The van der Waals surface area contributed by atoms with Gasteiger partial charge in [-0.15, -0.1) is 23.1 Å². The summed E-state index contributed by atoms with van der Waals surface area (Å²) >= 11 is 3.35. The Labute approximate surface area is 196 Å². The maximum absolute atomic E-state index is 13.1. The number of thiazole rings is 1. The summed E-state index contributed by atoms with van der Waals surface area (Å²) in [6.45, 7) is 2.58. The lowest BCUT2D eigenvalue weighted by molar-refractivity contribution is -0.119. The standard InChI is InChI=1S/C24H25N3O3S2/c1-16-25-19(14-31-16)15-32-21-11-5-17(6-12-21)24(29)27-13-3-4-22(27)23(28)26-18-7-9-20(30-2)10-8-18/h5-12,14,22H,3-4,13,15H2,1-2H3,(H,26,28). The van der Waals surface area contributed by atoms with Crippen LogP contribution in [0.15, 0.2) is 58.8 Å². The molecule has 6 nitrogen and oxygen atoms in total. The lowest BCUT2D eigenvalue weighted by Gasteiger charge is -2.24. The molecule has 0 radical (unpaired) electrons. The molecule has 1 atom stereocenters. The van der Waals surface area contributed by atoms with Gasteiger partial charge < -0.3 is 15.0 Å². The number of benzene rings is 2. The largest absolute Gasteiger partial charge is 0.497 e. The predicted octanol–water partition coefficient (Wildman–Crippen LogP) is 5.00. The summed E-state index contributed by atoms with van der Waals surface area (Å²) in [5.74, 6) is 1.26. The molecule has 166 valence electrons. The van der Waals surface area contributed by atoms with Crippen LogP contribution in [0.2, 0.25) is 0 Å². The first-order valence-corrected chi connectivity index (χ1v) is 12.3. The number of rotatable bonds is 7. The Morgan fingerprint density at radius 3 is 2.59 bits per heavy atom. The number of amides is 2. The van der Waals surface area contributed by atoms with Gasteiger partial charge in [0.1, 0.15) is 11.8 Å². The summed E-state index contributed by atoms with van der Waals surface area (Å²) in [5, 5.41) is 6.06. The third kappa shape index (κ3) is 5.31. The molecule has 2 aromatic carbocycles. The minimum atomic E-state index is -0.466. The molecule has 1 N–H and O–H groups in total. The number of methoxy groups -OCH3 is 1. The van der Waals surface area contributed by atoms with Crippen molar-refractivity contribution < 1.29 is 14.3 Å². The van der Waals surface area contributed by atoms with Gasteiger partial charge in [0.15, 0.2) is 0 Å². The number of carbonyl (C=O) groups excluding carboxylic acids is 2. The van der Waals surface area contributed by atoms with E-state index in [0.29, 0.717) is 24.2 Å². The van der Waals surface area contributed by atoms with Gasteiger partial charge in [0.25, 0.3) is 5.91 Å². The van der Waals surface area contributed by atoms with E-state index in [4.69, 9.17) is 4.74 Å². The first-order chi connectivity index (χ1) is 15.5. The Hall–Kier alpha value is -2.84. The van der Waals surface area contributed by atoms with Crippen molar-refractivity contribution in [3.8, 4) is 5.75 Å². The van der Waals surface area contributed by atoms with Crippen molar-refractivity contribution >= 4 is 40.6 Å². The Kier molecular flexibility index (Phi) is 7.12. The van der Waals surface area contributed by atoms with Crippen molar-refractivity contribution in [3.63, 3.8) is 0 Å². The van der Waals surface area contributed by atoms with Crippen molar-refractivity contribution in [2.45, 2.75) is 36.5 Å². The van der Waals surface area contributed by atoms with Crippen molar-refractivity contribution in [2.75, 3.05) is 19.0 Å². The number of nitrogens with zero attached hydrogens (tertiary/aromatic N) is 2. The smallest absolute Gasteiger partial charge is 0.254 e. The van der Waals surface area contributed by atoms with Crippen LogP contribution in [0.3, 0.4) is 0 Å². The van der Waals surface area contributed by atoms with E-state index in [2.05, 4.69) is 15.7 Å². The van der Waals surface area contributed by atoms with Crippen LogP contribution in [-0.4, -0.2) is 41.4 Å². The van der Waals surface area contributed by atoms with E-state index < -0.39 is 6.04 Å². The molecule has 1 aliphatic rings. The molecular weight excluding hydrogens is 442 g/mol. The summed E-state index contributed by atoms with van der Waals surface area (Å²) in [4.78, 5) is 33.2. The van der Waals surface area contributed by atoms with Crippen LogP contribution in [0.1, 0.15) is 33.9 Å². The van der Waals surface area contributed by atoms with Crippen LogP contribution in [0, 0.1) is 6.92 Å². The first kappa shape index (κ1) is 22.4. The number of anilines is 1. The number of aromatic nitrogens is 1. The number of hydrogen-bond acceptors (Lipinski definition) is 6. The lowest BCUT2D eigenvalue weighted by atomic mass is 10.1. The van der Waals surface area contributed by atoms with Gasteiger partial charge in [0.2, 0.25) is 5.91 Å². The zero-order chi connectivity index (χ0) is 22.5. The molecule has 1 aliphatic heterocycles. The second-order valence-electron chi connectivity index (χ2n) is 7.55. The zero-order valence-electron chi connectivity index (χ0n) is 18.0. The Bertz CT molecular complexity index is 1080. The van der Waals surface area contributed by atoms with Crippen LogP contribution in [0.4, 0.5) is 5.69 Å². The normalized spacial score (nSPS) is 15.6. The molecule has 2 amide bonds. The fourth-order valence-corrected chi connectivity index (χ4v) is 5.18. The average molecular weight is 468 g/mol. The summed E-state index contributed by atoms with van der Waals surface area (Å²) in [6, 6.07) is 14.3. The highest BCUT2D eigenvalue weighted by atomic mass is 32.2. The van der Waals surface area contributed by atoms with E-state index in [1.165, 1.54) is 0 Å². The van der Waals surface area contributed by atoms with Crippen LogP contribution < -0.4 is 10.1 Å². The molecule has 1 aromatic heterocycles. The second kappa shape index (κ2) is 10.2. The molecule has 1 saturated heterocycles. The molecule has 4 rings (SSSR count). The number of hydrogen-bond donors (Lipinski definition) is 1. The molecule has 32 heavy (non-hydrogen) atoms.